The van der Waals surface area contributed by atoms with E-state index in [1.165, 1.54) is 0 Å². The standard InChI is InChI=1S/C16H25N7O/c1-4-5-6-17-16(24)23-9-7-22(8-10-23)15-14-13(18-11-19-15)12(2)20-21(14)3/h11H,4-10H2,1-3H3,(H,17,24). The van der Waals surface area contributed by atoms with Gasteiger partial charge >= 0.3 is 6.03 Å². The van der Waals surface area contributed by atoms with Gasteiger partial charge < -0.3 is 15.1 Å². The Morgan fingerprint density at radius 1 is 1.25 bits per heavy atom. The molecule has 130 valence electrons. The molecule has 2 amide bonds. The van der Waals surface area contributed by atoms with Gasteiger partial charge in [0.25, 0.3) is 0 Å². The number of nitrogens with one attached hydrogen (secondary N) is 1. The first kappa shape index (κ1) is 16.5. The third-order valence-corrected chi connectivity index (χ3v) is 4.44. The number of hydrogen-bond donors (Lipinski definition) is 1. The number of aryl methyl sites for hydroxylation is 2. The van der Waals surface area contributed by atoms with Crippen LogP contribution in [-0.2, 0) is 7.05 Å². The van der Waals surface area contributed by atoms with Gasteiger partial charge in [-0.1, -0.05) is 13.3 Å². The number of aromatic nitrogens is 4. The maximum absolute atomic E-state index is 12.1. The Labute approximate surface area is 141 Å². The molecular formula is C16H25N7O. The number of piperazine rings is 1. The van der Waals surface area contributed by atoms with E-state index in [0.29, 0.717) is 13.1 Å². The zero-order valence-corrected chi connectivity index (χ0v) is 14.6. The Hall–Kier alpha value is -2.38. The maximum Gasteiger partial charge on any atom is 0.317 e. The summed E-state index contributed by atoms with van der Waals surface area (Å²) < 4.78 is 1.84. The first-order valence-corrected chi connectivity index (χ1v) is 8.53. The van der Waals surface area contributed by atoms with Crippen molar-refractivity contribution in [3.63, 3.8) is 0 Å². The molecule has 1 aliphatic heterocycles. The molecule has 3 heterocycles. The Kier molecular flexibility index (Phi) is 4.82. The van der Waals surface area contributed by atoms with E-state index in [0.717, 1.165) is 55.0 Å². The molecular weight excluding hydrogens is 306 g/mol. The van der Waals surface area contributed by atoms with Crippen molar-refractivity contribution < 1.29 is 4.79 Å². The van der Waals surface area contributed by atoms with Crippen molar-refractivity contribution in [1.29, 1.82) is 0 Å². The Morgan fingerprint density at radius 2 is 2.00 bits per heavy atom. The van der Waals surface area contributed by atoms with E-state index in [4.69, 9.17) is 0 Å². The van der Waals surface area contributed by atoms with Crippen LogP contribution in [-0.4, -0.2) is 63.4 Å². The number of carbonyl (C=O) groups is 1. The van der Waals surface area contributed by atoms with Crippen LogP contribution >= 0.6 is 0 Å². The highest BCUT2D eigenvalue weighted by atomic mass is 16.2. The molecule has 0 spiro atoms. The van der Waals surface area contributed by atoms with E-state index in [9.17, 15) is 4.79 Å². The normalized spacial score (nSPS) is 15.1. The summed E-state index contributed by atoms with van der Waals surface area (Å²) in [6.07, 6.45) is 3.70. The number of rotatable bonds is 4. The van der Waals surface area contributed by atoms with Crippen molar-refractivity contribution in [2.75, 3.05) is 37.6 Å². The molecule has 2 aromatic heterocycles. The average Bonchev–Trinajstić information content (AvgIpc) is 2.90. The van der Waals surface area contributed by atoms with E-state index in [-0.39, 0.29) is 6.03 Å². The fourth-order valence-corrected chi connectivity index (χ4v) is 3.09. The lowest BCUT2D eigenvalue weighted by Crippen LogP contribution is -2.52. The van der Waals surface area contributed by atoms with E-state index in [1.807, 2.05) is 23.6 Å². The lowest BCUT2D eigenvalue weighted by molar-refractivity contribution is 0.194. The zero-order chi connectivity index (χ0) is 17.1. The Bertz CT molecular complexity index is 719. The van der Waals surface area contributed by atoms with Crippen molar-refractivity contribution >= 4 is 22.9 Å². The largest absolute Gasteiger partial charge is 0.351 e. The average molecular weight is 331 g/mol. The molecule has 1 fully saturated rings. The number of anilines is 1. The van der Waals surface area contributed by atoms with Gasteiger partial charge in [-0.3, -0.25) is 4.68 Å². The molecule has 0 radical (unpaired) electrons. The first-order chi connectivity index (χ1) is 11.6. The van der Waals surface area contributed by atoms with Crippen LogP contribution in [0.25, 0.3) is 11.0 Å². The number of nitrogens with zero attached hydrogens (tertiary/aromatic N) is 6. The molecule has 8 nitrogen and oxygen atoms in total. The third kappa shape index (κ3) is 3.13. The van der Waals surface area contributed by atoms with Gasteiger partial charge in [0.1, 0.15) is 17.4 Å². The smallest absolute Gasteiger partial charge is 0.317 e. The Balaban J connectivity index is 1.68. The molecule has 0 atom stereocenters. The van der Waals surface area contributed by atoms with Crippen LogP contribution in [0.15, 0.2) is 6.33 Å². The molecule has 0 unspecified atom stereocenters. The predicted octanol–water partition coefficient (Wildman–Crippen LogP) is 1.30. The van der Waals surface area contributed by atoms with Gasteiger partial charge in [0.15, 0.2) is 5.82 Å². The molecule has 0 aliphatic carbocycles. The quantitative estimate of drug-likeness (QED) is 0.855. The number of fused-ring (bicyclic) bond motifs is 1. The molecule has 1 saturated heterocycles. The number of urea groups is 1. The number of unbranched alkanes of at least 4 members (excludes halogenated alkanes) is 1. The molecule has 0 aromatic carbocycles. The SMILES string of the molecule is CCCCNC(=O)N1CCN(c2ncnc3c(C)nn(C)c23)CC1. The fourth-order valence-electron chi connectivity index (χ4n) is 3.09. The van der Waals surface area contributed by atoms with Crippen molar-refractivity contribution in [3.8, 4) is 0 Å². The highest BCUT2D eigenvalue weighted by Gasteiger charge is 2.24. The second kappa shape index (κ2) is 7.02. The summed E-state index contributed by atoms with van der Waals surface area (Å²) in [7, 11) is 1.92. The van der Waals surface area contributed by atoms with Crippen molar-refractivity contribution in [3.05, 3.63) is 12.0 Å². The maximum atomic E-state index is 12.1. The molecule has 3 rings (SSSR count). The predicted molar refractivity (Wildman–Crippen MR) is 93.1 cm³/mol. The van der Waals surface area contributed by atoms with Crippen LogP contribution < -0.4 is 10.2 Å². The van der Waals surface area contributed by atoms with Gasteiger partial charge in [-0.15, -0.1) is 0 Å². The summed E-state index contributed by atoms with van der Waals surface area (Å²) in [5.41, 5.74) is 2.75. The second-order valence-corrected chi connectivity index (χ2v) is 6.16. The van der Waals surface area contributed by atoms with Crippen LogP contribution in [0.5, 0.6) is 0 Å². The van der Waals surface area contributed by atoms with Gasteiger partial charge in [0.05, 0.1) is 5.69 Å². The van der Waals surface area contributed by atoms with E-state index in [1.54, 1.807) is 6.33 Å². The van der Waals surface area contributed by atoms with Gasteiger partial charge in [-0.25, -0.2) is 14.8 Å². The van der Waals surface area contributed by atoms with E-state index in [2.05, 4.69) is 32.2 Å². The molecule has 8 heteroatoms. The van der Waals surface area contributed by atoms with E-state index >= 15 is 0 Å². The van der Waals surface area contributed by atoms with Crippen molar-refractivity contribution in [2.24, 2.45) is 7.05 Å². The highest BCUT2D eigenvalue weighted by Crippen LogP contribution is 2.25. The van der Waals surface area contributed by atoms with Gasteiger partial charge in [0, 0.05) is 39.8 Å². The zero-order valence-electron chi connectivity index (χ0n) is 14.6. The molecule has 1 aliphatic rings. The minimum Gasteiger partial charge on any atom is -0.351 e. The number of amides is 2. The molecule has 2 aromatic rings. The monoisotopic (exact) mass is 331 g/mol. The summed E-state index contributed by atoms with van der Waals surface area (Å²) >= 11 is 0. The van der Waals surface area contributed by atoms with E-state index < -0.39 is 0 Å². The lowest BCUT2D eigenvalue weighted by Gasteiger charge is -2.35. The van der Waals surface area contributed by atoms with Crippen LogP contribution in [0.1, 0.15) is 25.5 Å². The molecule has 1 N–H and O–H groups in total. The third-order valence-electron chi connectivity index (χ3n) is 4.44. The minimum atomic E-state index is 0.0345. The second-order valence-electron chi connectivity index (χ2n) is 6.16. The topological polar surface area (TPSA) is 79.2 Å². The minimum absolute atomic E-state index is 0.0345. The Morgan fingerprint density at radius 3 is 2.71 bits per heavy atom. The highest BCUT2D eigenvalue weighted by molar-refractivity contribution is 5.87. The lowest BCUT2D eigenvalue weighted by atomic mass is 10.3. The van der Waals surface area contributed by atoms with Gasteiger partial charge in [0.2, 0.25) is 0 Å². The fraction of sp³-hybridized carbons (Fsp3) is 0.625. The number of hydrogen-bond acceptors (Lipinski definition) is 5. The van der Waals surface area contributed by atoms with Crippen molar-refractivity contribution in [2.45, 2.75) is 26.7 Å². The van der Waals surface area contributed by atoms with Crippen LogP contribution in [0.2, 0.25) is 0 Å². The summed E-state index contributed by atoms with van der Waals surface area (Å²) in [5.74, 6) is 0.897. The summed E-state index contributed by atoms with van der Waals surface area (Å²) in [6, 6.07) is 0.0345. The summed E-state index contributed by atoms with van der Waals surface area (Å²) in [5, 5.41) is 7.42. The van der Waals surface area contributed by atoms with Crippen LogP contribution in [0.3, 0.4) is 0 Å². The van der Waals surface area contributed by atoms with Gasteiger partial charge in [-0.2, -0.15) is 5.10 Å². The van der Waals surface area contributed by atoms with Crippen molar-refractivity contribution in [1.82, 2.24) is 30.0 Å². The van der Waals surface area contributed by atoms with Crippen LogP contribution in [0.4, 0.5) is 10.6 Å². The van der Waals surface area contributed by atoms with Crippen LogP contribution in [0, 0.1) is 6.92 Å². The van der Waals surface area contributed by atoms with Gasteiger partial charge in [-0.05, 0) is 13.3 Å². The first-order valence-electron chi connectivity index (χ1n) is 8.53. The molecule has 0 bridgehead atoms. The summed E-state index contributed by atoms with van der Waals surface area (Å²) in [4.78, 5) is 25.0. The molecule has 0 saturated carbocycles. The number of carbonyl (C=O) groups excluding carboxylic acids is 1. The molecule has 24 heavy (non-hydrogen) atoms. The summed E-state index contributed by atoms with van der Waals surface area (Å²) in [6.45, 7) is 7.73.